The molecule has 3 heterocycles. The number of benzene rings is 7. The summed E-state index contributed by atoms with van der Waals surface area (Å²) in [5.41, 5.74) is 10.9. The standard InChI is InChI=1S/C49H31N5O/c1-4-14-32(15-5-1)35-20-12-21-37(28-35)48-52-46(34-18-8-3-9-19-34)53-49(54-48)39-23-13-22-38(29-39)47-50-42(33-16-6-2-7-17-33)31-43(51-47)36-26-27-41-40-24-10-11-25-44(40)55-45(41)30-36/h1-31H. The second-order valence-electron chi connectivity index (χ2n) is 13.3. The van der Waals surface area contributed by atoms with Crippen LogP contribution in [0.25, 0.3) is 101 Å². The predicted octanol–water partition coefficient (Wildman–Crippen LogP) is 12.2. The van der Waals surface area contributed by atoms with E-state index >= 15 is 0 Å². The van der Waals surface area contributed by atoms with E-state index in [1.807, 2.05) is 121 Å². The number of fused-ring (bicyclic) bond motifs is 3. The van der Waals surface area contributed by atoms with E-state index in [0.29, 0.717) is 23.3 Å². The highest BCUT2D eigenvalue weighted by Gasteiger charge is 2.17. The Hall–Kier alpha value is -7.57. The average Bonchev–Trinajstić information content (AvgIpc) is 3.65. The normalized spacial score (nSPS) is 11.3. The van der Waals surface area contributed by atoms with E-state index in [1.165, 1.54) is 0 Å². The lowest BCUT2D eigenvalue weighted by atomic mass is 10.0. The van der Waals surface area contributed by atoms with Gasteiger partial charge in [0.25, 0.3) is 0 Å². The predicted molar refractivity (Wildman–Crippen MR) is 221 cm³/mol. The summed E-state index contributed by atoms with van der Waals surface area (Å²) >= 11 is 0. The monoisotopic (exact) mass is 705 g/mol. The molecule has 0 unspecified atom stereocenters. The van der Waals surface area contributed by atoms with Gasteiger partial charge in [0.1, 0.15) is 11.2 Å². The minimum absolute atomic E-state index is 0.561. The number of aromatic nitrogens is 5. The second-order valence-corrected chi connectivity index (χ2v) is 13.3. The van der Waals surface area contributed by atoms with Crippen molar-refractivity contribution in [1.82, 2.24) is 24.9 Å². The summed E-state index contributed by atoms with van der Waals surface area (Å²) in [6.45, 7) is 0. The van der Waals surface area contributed by atoms with Crippen LogP contribution in [0.1, 0.15) is 0 Å². The van der Waals surface area contributed by atoms with Crippen molar-refractivity contribution in [2.75, 3.05) is 0 Å². The Bertz CT molecular complexity index is 2980. The molecular formula is C49H31N5O. The van der Waals surface area contributed by atoms with Crippen LogP contribution in [0.2, 0.25) is 0 Å². The Morgan fingerprint density at radius 3 is 1.36 bits per heavy atom. The van der Waals surface area contributed by atoms with Gasteiger partial charge in [0.15, 0.2) is 23.3 Å². The van der Waals surface area contributed by atoms with E-state index in [2.05, 4.69) is 66.7 Å². The van der Waals surface area contributed by atoms with Crippen LogP contribution in [0.3, 0.4) is 0 Å². The fraction of sp³-hybridized carbons (Fsp3) is 0. The molecular weight excluding hydrogens is 675 g/mol. The van der Waals surface area contributed by atoms with Crippen molar-refractivity contribution in [3.8, 4) is 79.2 Å². The Kier molecular flexibility index (Phi) is 8.04. The van der Waals surface area contributed by atoms with Crippen LogP contribution < -0.4 is 0 Å². The largest absolute Gasteiger partial charge is 0.456 e. The molecule has 0 saturated carbocycles. The van der Waals surface area contributed by atoms with Gasteiger partial charge >= 0.3 is 0 Å². The molecule has 0 N–H and O–H groups in total. The third-order valence-electron chi connectivity index (χ3n) is 9.74. The molecule has 0 radical (unpaired) electrons. The highest BCUT2D eigenvalue weighted by Crippen LogP contribution is 2.35. The molecule has 0 atom stereocenters. The first-order chi connectivity index (χ1) is 27.2. The summed E-state index contributed by atoms with van der Waals surface area (Å²) in [7, 11) is 0. The molecule has 0 aliphatic heterocycles. The average molecular weight is 706 g/mol. The van der Waals surface area contributed by atoms with Crippen LogP contribution in [-0.2, 0) is 0 Å². The molecule has 10 aromatic rings. The summed E-state index contributed by atoms with van der Waals surface area (Å²) in [6, 6.07) is 63.4. The van der Waals surface area contributed by atoms with Gasteiger partial charge in [0, 0.05) is 44.2 Å². The lowest BCUT2D eigenvalue weighted by Gasteiger charge is -2.12. The van der Waals surface area contributed by atoms with Crippen molar-refractivity contribution >= 4 is 21.9 Å². The molecule has 6 heteroatoms. The maximum Gasteiger partial charge on any atom is 0.164 e. The van der Waals surface area contributed by atoms with E-state index in [0.717, 1.165) is 77.8 Å². The van der Waals surface area contributed by atoms with E-state index in [9.17, 15) is 0 Å². The molecule has 0 aliphatic rings. The topological polar surface area (TPSA) is 77.6 Å². The summed E-state index contributed by atoms with van der Waals surface area (Å²) in [5.74, 6) is 2.35. The second kappa shape index (κ2) is 13.8. The Balaban J connectivity index is 1.10. The van der Waals surface area contributed by atoms with E-state index in [4.69, 9.17) is 29.3 Å². The maximum atomic E-state index is 6.26. The van der Waals surface area contributed by atoms with Gasteiger partial charge in [-0.3, -0.25) is 0 Å². The van der Waals surface area contributed by atoms with Crippen LogP contribution in [0, 0.1) is 0 Å². The smallest absolute Gasteiger partial charge is 0.164 e. The molecule has 10 rings (SSSR count). The van der Waals surface area contributed by atoms with Crippen LogP contribution >= 0.6 is 0 Å². The van der Waals surface area contributed by atoms with E-state index < -0.39 is 0 Å². The Labute approximate surface area is 317 Å². The zero-order valence-corrected chi connectivity index (χ0v) is 29.5. The van der Waals surface area contributed by atoms with Gasteiger partial charge in [-0.1, -0.05) is 152 Å². The van der Waals surface area contributed by atoms with Crippen molar-refractivity contribution in [3.63, 3.8) is 0 Å². The molecule has 0 bridgehead atoms. The molecule has 0 saturated heterocycles. The van der Waals surface area contributed by atoms with Crippen molar-refractivity contribution in [1.29, 1.82) is 0 Å². The number of para-hydroxylation sites is 1. The third kappa shape index (κ3) is 6.32. The van der Waals surface area contributed by atoms with Gasteiger partial charge in [-0.25, -0.2) is 24.9 Å². The highest BCUT2D eigenvalue weighted by molar-refractivity contribution is 6.05. The van der Waals surface area contributed by atoms with E-state index in [1.54, 1.807) is 0 Å². The van der Waals surface area contributed by atoms with Gasteiger partial charge in [-0.15, -0.1) is 0 Å². The Morgan fingerprint density at radius 1 is 0.255 bits per heavy atom. The minimum atomic E-state index is 0.561. The van der Waals surface area contributed by atoms with Crippen LogP contribution in [0.4, 0.5) is 0 Å². The van der Waals surface area contributed by atoms with Crippen molar-refractivity contribution in [3.05, 3.63) is 188 Å². The first-order valence-electron chi connectivity index (χ1n) is 18.2. The molecule has 258 valence electrons. The number of hydrogen-bond acceptors (Lipinski definition) is 6. The first kappa shape index (κ1) is 32.1. The highest BCUT2D eigenvalue weighted by atomic mass is 16.3. The SMILES string of the molecule is c1ccc(-c2cccc(-c3nc(-c4ccccc4)nc(-c4cccc(-c5nc(-c6ccccc6)cc(-c6ccc7c(c6)oc6ccccc67)n5)c4)n3)c2)cc1. The summed E-state index contributed by atoms with van der Waals surface area (Å²) < 4.78 is 6.26. The van der Waals surface area contributed by atoms with Crippen molar-refractivity contribution in [2.45, 2.75) is 0 Å². The van der Waals surface area contributed by atoms with E-state index in [-0.39, 0.29) is 0 Å². The number of furan rings is 1. The van der Waals surface area contributed by atoms with Gasteiger partial charge in [0.05, 0.1) is 11.4 Å². The fourth-order valence-corrected chi connectivity index (χ4v) is 6.98. The van der Waals surface area contributed by atoms with Crippen molar-refractivity contribution in [2.24, 2.45) is 0 Å². The maximum absolute atomic E-state index is 6.26. The molecule has 55 heavy (non-hydrogen) atoms. The lowest BCUT2D eigenvalue weighted by molar-refractivity contribution is 0.669. The van der Waals surface area contributed by atoms with Crippen molar-refractivity contribution < 1.29 is 4.42 Å². The molecule has 0 amide bonds. The quantitative estimate of drug-likeness (QED) is 0.164. The minimum Gasteiger partial charge on any atom is -0.456 e. The Morgan fingerprint density at radius 2 is 0.709 bits per heavy atom. The lowest BCUT2D eigenvalue weighted by Crippen LogP contribution is -2.01. The summed E-state index contributed by atoms with van der Waals surface area (Å²) in [6.07, 6.45) is 0. The van der Waals surface area contributed by atoms with Crippen LogP contribution in [0.5, 0.6) is 0 Å². The van der Waals surface area contributed by atoms with Gasteiger partial charge < -0.3 is 4.42 Å². The summed E-state index contributed by atoms with van der Waals surface area (Å²) in [5, 5.41) is 2.16. The van der Waals surface area contributed by atoms with Crippen LogP contribution in [0.15, 0.2) is 192 Å². The number of hydrogen-bond donors (Lipinski definition) is 0. The molecule has 7 aromatic carbocycles. The summed E-state index contributed by atoms with van der Waals surface area (Å²) in [4.78, 5) is 25.3. The molecule has 0 fully saturated rings. The van der Waals surface area contributed by atoms with Gasteiger partial charge in [-0.05, 0) is 47.5 Å². The first-order valence-corrected chi connectivity index (χ1v) is 18.2. The molecule has 0 spiro atoms. The number of nitrogens with zero attached hydrogens (tertiary/aromatic N) is 5. The van der Waals surface area contributed by atoms with Gasteiger partial charge in [0.2, 0.25) is 0 Å². The third-order valence-corrected chi connectivity index (χ3v) is 9.74. The molecule has 3 aromatic heterocycles. The zero-order valence-electron chi connectivity index (χ0n) is 29.5. The zero-order chi connectivity index (χ0) is 36.6. The molecule has 0 aliphatic carbocycles. The fourth-order valence-electron chi connectivity index (χ4n) is 6.98. The molecule has 6 nitrogen and oxygen atoms in total. The number of rotatable bonds is 7. The van der Waals surface area contributed by atoms with Gasteiger partial charge in [-0.2, -0.15) is 0 Å². The van der Waals surface area contributed by atoms with Crippen LogP contribution in [-0.4, -0.2) is 24.9 Å².